The Morgan fingerprint density at radius 3 is 2.43 bits per heavy atom. The molecule has 0 amide bonds. The number of sulfonamides is 1. The summed E-state index contributed by atoms with van der Waals surface area (Å²) in [4.78, 5) is 11.0. The highest BCUT2D eigenvalue weighted by Gasteiger charge is 2.32. The van der Waals surface area contributed by atoms with E-state index in [9.17, 15) is 13.2 Å². The van der Waals surface area contributed by atoms with Crippen molar-refractivity contribution >= 4 is 27.6 Å². The quantitative estimate of drug-likeness (QED) is 0.882. The smallest absolute Gasteiger partial charge is 0.321 e. The van der Waals surface area contributed by atoms with Crippen LogP contribution in [0.1, 0.15) is 12.6 Å². The molecule has 124 valence electrons. The molecule has 0 radical (unpaired) electrons. The van der Waals surface area contributed by atoms with Gasteiger partial charge in [-0.15, -0.1) is 0 Å². The maximum absolute atomic E-state index is 12.6. The van der Waals surface area contributed by atoms with Gasteiger partial charge in [-0.25, -0.2) is 13.1 Å². The van der Waals surface area contributed by atoms with Gasteiger partial charge in [0, 0.05) is 12.1 Å². The molecule has 2 rings (SSSR count). The summed E-state index contributed by atoms with van der Waals surface area (Å²) in [5, 5.41) is 13.6. The number of carboxylic acid groups (broad SMARTS) is 1. The van der Waals surface area contributed by atoms with E-state index in [1.807, 2.05) is 0 Å². The fourth-order valence-corrected chi connectivity index (χ4v) is 3.59. The van der Waals surface area contributed by atoms with Crippen LogP contribution < -0.4 is 0 Å². The van der Waals surface area contributed by atoms with Crippen molar-refractivity contribution in [3.05, 3.63) is 41.2 Å². The molecule has 0 aliphatic rings. The first-order valence-electron chi connectivity index (χ1n) is 6.67. The maximum atomic E-state index is 12.6. The molecule has 1 aromatic heterocycles. The molecule has 0 saturated carbocycles. The number of carboxylic acids is 1. The summed E-state index contributed by atoms with van der Waals surface area (Å²) in [5.74, 6) is -1.22. The Balaban J connectivity index is 2.46. The molecule has 1 heterocycles. The first-order chi connectivity index (χ1) is 10.7. The van der Waals surface area contributed by atoms with Gasteiger partial charge in [0.05, 0.1) is 17.6 Å². The van der Waals surface area contributed by atoms with Crippen molar-refractivity contribution < 1.29 is 18.3 Å². The van der Waals surface area contributed by atoms with Crippen LogP contribution in [0.5, 0.6) is 0 Å². The first-order valence-corrected chi connectivity index (χ1v) is 8.49. The zero-order chi connectivity index (χ0) is 17.4. The van der Waals surface area contributed by atoms with Crippen LogP contribution >= 0.6 is 11.6 Å². The molecule has 0 aliphatic heterocycles. The lowest BCUT2D eigenvalue weighted by Gasteiger charge is -2.20. The monoisotopic (exact) mass is 357 g/mol. The zero-order valence-electron chi connectivity index (χ0n) is 12.8. The van der Waals surface area contributed by atoms with Crippen LogP contribution in [-0.4, -0.2) is 46.7 Å². The van der Waals surface area contributed by atoms with E-state index < -0.39 is 22.0 Å². The van der Waals surface area contributed by atoms with Gasteiger partial charge in [-0.1, -0.05) is 11.6 Å². The molecule has 23 heavy (non-hydrogen) atoms. The predicted molar refractivity (Wildman–Crippen MR) is 85.4 cm³/mol. The summed E-state index contributed by atoms with van der Waals surface area (Å²) in [7, 11) is -2.74. The first kappa shape index (κ1) is 17.5. The SMILES string of the molecule is Cc1c(S(=O)(=O)N(C)C(C)C(=O)O)cnn1-c1ccc(Cl)cc1. The van der Waals surface area contributed by atoms with Crippen molar-refractivity contribution in [1.82, 2.24) is 14.1 Å². The highest BCUT2D eigenvalue weighted by atomic mass is 35.5. The van der Waals surface area contributed by atoms with Gasteiger partial charge in [0.1, 0.15) is 10.9 Å². The van der Waals surface area contributed by atoms with E-state index in [-0.39, 0.29) is 4.90 Å². The minimum absolute atomic E-state index is 0.0388. The van der Waals surface area contributed by atoms with Gasteiger partial charge in [0.25, 0.3) is 0 Å². The summed E-state index contributed by atoms with van der Waals surface area (Å²) in [5.41, 5.74) is 1.04. The van der Waals surface area contributed by atoms with E-state index in [2.05, 4.69) is 5.10 Å². The van der Waals surface area contributed by atoms with Crippen LogP contribution in [0.25, 0.3) is 5.69 Å². The lowest BCUT2D eigenvalue weighted by atomic mass is 10.3. The summed E-state index contributed by atoms with van der Waals surface area (Å²) >= 11 is 5.83. The van der Waals surface area contributed by atoms with E-state index in [4.69, 9.17) is 16.7 Å². The number of hydrogen-bond acceptors (Lipinski definition) is 4. The summed E-state index contributed by atoms with van der Waals surface area (Å²) in [6.07, 6.45) is 1.21. The van der Waals surface area contributed by atoms with Gasteiger partial charge < -0.3 is 5.11 Å². The summed E-state index contributed by atoms with van der Waals surface area (Å²) in [6, 6.07) is 5.58. The van der Waals surface area contributed by atoms with E-state index in [0.29, 0.717) is 16.4 Å². The third-order valence-electron chi connectivity index (χ3n) is 3.60. The van der Waals surface area contributed by atoms with Gasteiger partial charge in [0.2, 0.25) is 10.0 Å². The van der Waals surface area contributed by atoms with Gasteiger partial charge >= 0.3 is 5.97 Å². The number of carbonyl (C=O) groups is 1. The Bertz CT molecular complexity index is 830. The van der Waals surface area contributed by atoms with Crippen molar-refractivity contribution in [3.63, 3.8) is 0 Å². The molecule has 7 nitrogen and oxygen atoms in total. The molecule has 9 heteroatoms. The second-order valence-corrected chi connectivity index (χ2v) is 7.42. The number of aliphatic carboxylic acids is 1. The lowest BCUT2D eigenvalue weighted by Crippen LogP contribution is -2.40. The normalized spacial score (nSPS) is 13.3. The Hall–Kier alpha value is -1.90. The average molecular weight is 358 g/mol. The number of rotatable bonds is 5. The Morgan fingerprint density at radius 1 is 1.35 bits per heavy atom. The molecule has 0 spiro atoms. The van der Waals surface area contributed by atoms with Gasteiger partial charge in [-0.2, -0.15) is 9.40 Å². The zero-order valence-corrected chi connectivity index (χ0v) is 14.3. The number of nitrogens with zero attached hydrogens (tertiary/aromatic N) is 3. The number of benzene rings is 1. The second-order valence-electron chi connectivity index (χ2n) is 5.02. The van der Waals surface area contributed by atoms with Crippen molar-refractivity contribution in [2.45, 2.75) is 24.8 Å². The molecule has 1 atom stereocenters. The third-order valence-corrected chi connectivity index (χ3v) is 5.88. The highest BCUT2D eigenvalue weighted by molar-refractivity contribution is 7.89. The number of likely N-dealkylation sites (N-methyl/N-ethyl adjacent to an activating group) is 1. The molecular formula is C14H16ClN3O4S. The average Bonchev–Trinajstić information content (AvgIpc) is 2.88. The van der Waals surface area contributed by atoms with Crippen LogP contribution in [-0.2, 0) is 14.8 Å². The fourth-order valence-electron chi connectivity index (χ4n) is 2.01. The van der Waals surface area contributed by atoms with E-state index in [0.717, 1.165) is 4.31 Å². The summed E-state index contributed by atoms with van der Waals surface area (Å²) in [6.45, 7) is 2.91. The van der Waals surface area contributed by atoms with Crippen LogP contribution in [0.15, 0.2) is 35.4 Å². The van der Waals surface area contributed by atoms with Crippen LogP contribution in [0.4, 0.5) is 0 Å². The molecule has 0 aliphatic carbocycles. The molecule has 0 fully saturated rings. The third kappa shape index (κ3) is 3.24. The Labute approximate surface area is 139 Å². The minimum Gasteiger partial charge on any atom is -0.480 e. The molecule has 1 aromatic carbocycles. The Morgan fingerprint density at radius 2 is 1.91 bits per heavy atom. The van der Waals surface area contributed by atoms with E-state index >= 15 is 0 Å². The number of halogens is 1. The van der Waals surface area contributed by atoms with Crippen molar-refractivity contribution in [1.29, 1.82) is 0 Å². The van der Waals surface area contributed by atoms with Gasteiger partial charge in [0.15, 0.2) is 0 Å². The van der Waals surface area contributed by atoms with E-state index in [1.165, 1.54) is 24.9 Å². The lowest BCUT2D eigenvalue weighted by molar-refractivity contribution is -0.140. The Kier molecular flexibility index (Phi) is 4.79. The number of hydrogen-bond donors (Lipinski definition) is 1. The number of aromatic nitrogens is 2. The van der Waals surface area contributed by atoms with Crippen LogP contribution in [0, 0.1) is 6.92 Å². The van der Waals surface area contributed by atoms with Crippen LogP contribution in [0.2, 0.25) is 5.02 Å². The van der Waals surface area contributed by atoms with Crippen molar-refractivity contribution in [3.8, 4) is 5.69 Å². The maximum Gasteiger partial charge on any atom is 0.321 e. The molecular weight excluding hydrogens is 342 g/mol. The predicted octanol–water partition coefficient (Wildman–Crippen LogP) is 1.93. The fraction of sp³-hybridized carbons (Fsp3) is 0.286. The van der Waals surface area contributed by atoms with Gasteiger partial charge in [-0.05, 0) is 38.1 Å². The van der Waals surface area contributed by atoms with Crippen molar-refractivity contribution in [2.24, 2.45) is 0 Å². The highest BCUT2D eigenvalue weighted by Crippen LogP contribution is 2.23. The summed E-state index contributed by atoms with van der Waals surface area (Å²) < 4.78 is 27.4. The molecule has 0 bridgehead atoms. The standard InChI is InChI=1S/C14H16ClN3O4S/c1-9-13(23(21,22)17(3)10(2)14(19)20)8-16-18(9)12-6-4-11(15)5-7-12/h4-8,10H,1-3H3,(H,19,20). The van der Waals surface area contributed by atoms with E-state index in [1.54, 1.807) is 31.2 Å². The second kappa shape index (κ2) is 6.31. The van der Waals surface area contributed by atoms with Gasteiger partial charge in [-0.3, -0.25) is 4.79 Å². The molecule has 0 saturated heterocycles. The largest absolute Gasteiger partial charge is 0.480 e. The van der Waals surface area contributed by atoms with Crippen molar-refractivity contribution in [2.75, 3.05) is 7.05 Å². The topological polar surface area (TPSA) is 92.5 Å². The molecule has 1 unspecified atom stereocenters. The molecule has 1 N–H and O–H groups in total. The molecule has 2 aromatic rings. The minimum atomic E-state index is -3.97. The van der Waals surface area contributed by atoms with Crippen LogP contribution in [0.3, 0.4) is 0 Å².